The van der Waals surface area contributed by atoms with Crippen molar-refractivity contribution in [2.45, 2.75) is 45.8 Å². The first-order chi connectivity index (χ1) is 10.2. The average Bonchev–Trinajstić information content (AvgIpc) is 3.07. The van der Waals surface area contributed by atoms with E-state index in [2.05, 4.69) is 46.1 Å². The fourth-order valence-corrected chi connectivity index (χ4v) is 2.89. The fourth-order valence-electron chi connectivity index (χ4n) is 2.89. The van der Waals surface area contributed by atoms with Crippen LogP contribution in [0.15, 0.2) is 18.2 Å². The van der Waals surface area contributed by atoms with Gasteiger partial charge in [0.25, 0.3) is 0 Å². The zero-order valence-electron chi connectivity index (χ0n) is 12.9. The number of hydrogen-bond donors (Lipinski definition) is 1. The quantitative estimate of drug-likeness (QED) is 0.917. The van der Waals surface area contributed by atoms with Crippen LogP contribution < -0.4 is 10.1 Å². The van der Waals surface area contributed by atoms with Gasteiger partial charge in [-0.1, -0.05) is 17.7 Å². The molecule has 1 aliphatic rings. The summed E-state index contributed by atoms with van der Waals surface area (Å²) in [5.74, 6) is 3.08. The summed E-state index contributed by atoms with van der Waals surface area (Å²) in [6.45, 7) is 6.03. The van der Waals surface area contributed by atoms with Crippen molar-refractivity contribution < 1.29 is 4.74 Å². The van der Waals surface area contributed by atoms with Crippen molar-refractivity contribution in [2.24, 2.45) is 0 Å². The van der Waals surface area contributed by atoms with Crippen LogP contribution in [0.1, 0.15) is 42.2 Å². The van der Waals surface area contributed by atoms with Gasteiger partial charge in [-0.15, -0.1) is 10.2 Å². The van der Waals surface area contributed by atoms with Crippen molar-refractivity contribution in [1.82, 2.24) is 20.1 Å². The number of benzene rings is 1. The van der Waals surface area contributed by atoms with E-state index in [-0.39, 0.29) is 6.04 Å². The van der Waals surface area contributed by atoms with Crippen LogP contribution in [-0.4, -0.2) is 21.9 Å². The van der Waals surface area contributed by atoms with E-state index < -0.39 is 0 Å². The molecule has 0 fully saturated rings. The minimum Gasteiger partial charge on any atom is -0.496 e. The molecule has 0 aliphatic carbocycles. The zero-order chi connectivity index (χ0) is 14.8. The maximum Gasteiger partial charge on any atom is 0.149 e. The normalized spacial score (nSPS) is 15.0. The molecule has 1 aromatic carbocycles. The third-order valence-corrected chi connectivity index (χ3v) is 4.06. The number of ether oxygens (including phenoxy) is 1. The number of methoxy groups -OCH3 is 1. The molecule has 0 amide bonds. The summed E-state index contributed by atoms with van der Waals surface area (Å²) < 4.78 is 7.67. The first-order valence-electron chi connectivity index (χ1n) is 7.48. The van der Waals surface area contributed by atoms with Crippen LogP contribution in [0.5, 0.6) is 5.75 Å². The molecule has 5 heteroatoms. The Morgan fingerprint density at radius 1 is 1.38 bits per heavy atom. The zero-order valence-corrected chi connectivity index (χ0v) is 12.9. The Balaban J connectivity index is 1.71. The van der Waals surface area contributed by atoms with Gasteiger partial charge in [-0.05, 0) is 26.3 Å². The second kappa shape index (κ2) is 5.85. The Kier molecular flexibility index (Phi) is 3.92. The van der Waals surface area contributed by atoms with Crippen LogP contribution in [0.25, 0.3) is 0 Å². The molecule has 0 saturated carbocycles. The number of nitrogens with zero attached hydrogens (tertiary/aromatic N) is 3. The monoisotopic (exact) mass is 286 g/mol. The Morgan fingerprint density at radius 3 is 3.05 bits per heavy atom. The highest BCUT2D eigenvalue weighted by molar-refractivity contribution is 5.36. The van der Waals surface area contributed by atoms with E-state index in [1.54, 1.807) is 7.11 Å². The first kappa shape index (κ1) is 14.1. The van der Waals surface area contributed by atoms with Crippen molar-refractivity contribution in [3.63, 3.8) is 0 Å². The van der Waals surface area contributed by atoms with E-state index in [0.717, 1.165) is 36.9 Å². The molecule has 2 heterocycles. The molecule has 0 radical (unpaired) electrons. The van der Waals surface area contributed by atoms with Crippen molar-refractivity contribution in [2.75, 3.05) is 7.11 Å². The molecule has 1 aliphatic heterocycles. The molecular weight excluding hydrogens is 264 g/mol. The number of aromatic nitrogens is 3. The molecule has 1 unspecified atom stereocenters. The molecule has 0 spiro atoms. The van der Waals surface area contributed by atoms with Gasteiger partial charge in [-0.2, -0.15) is 0 Å². The second-order valence-corrected chi connectivity index (χ2v) is 5.65. The van der Waals surface area contributed by atoms with Gasteiger partial charge in [0.05, 0.1) is 13.2 Å². The van der Waals surface area contributed by atoms with Crippen LogP contribution in [0.2, 0.25) is 0 Å². The largest absolute Gasteiger partial charge is 0.496 e. The SMILES string of the molecule is COc1ccc(C)cc1CNC(C)c1nnc2n1CCC2. The van der Waals surface area contributed by atoms with Crippen molar-refractivity contribution >= 4 is 0 Å². The highest BCUT2D eigenvalue weighted by Crippen LogP contribution is 2.22. The predicted molar refractivity (Wildman–Crippen MR) is 81.3 cm³/mol. The fraction of sp³-hybridized carbons (Fsp3) is 0.500. The van der Waals surface area contributed by atoms with Gasteiger partial charge in [0.1, 0.15) is 17.4 Å². The maximum absolute atomic E-state index is 5.42. The van der Waals surface area contributed by atoms with Crippen LogP contribution >= 0.6 is 0 Å². The van der Waals surface area contributed by atoms with Gasteiger partial charge in [-0.3, -0.25) is 0 Å². The average molecular weight is 286 g/mol. The predicted octanol–water partition coefficient (Wildman–Crippen LogP) is 2.39. The Labute approximate surface area is 125 Å². The molecule has 0 bridgehead atoms. The van der Waals surface area contributed by atoms with E-state index in [1.165, 1.54) is 17.5 Å². The van der Waals surface area contributed by atoms with Gasteiger partial charge in [0.15, 0.2) is 0 Å². The van der Waals surface area contributed by atoms with E-state index in [4.69, 9.17) is 4.74 Å². The lowest BCUT2D eigenvalue weighted by atomic mass is 10.1. The number of aryl methyl sites for hydroxylation is 2. The van der Waals surface area contributed by atoms with Crippen LogP contribution in [-0.2, 0) is 19.5 Å². The van der Waals surface area contributed by atoms with E-state index in [0.29, 0.717) is 0 Å². The smallest absolute Gasteiger partial charge is 0.149 e. The molecule has 1 atom stereocenters. The van der Waals surface area contributed by atoms with E-state index in [9.17, 15) is 0 Å². The lowest BCUT2D eigenvalue weighted by Crippen LogP contribution is -2.22. The summed E-state index contributed by atoms with van der Waals surface area (Å²) in [5.41, 5.74) is 2.41. The van der Waals surface area contributed by atoms with E-state index >= 15 is 0 Å². The van der Waals surface area contributed by atoms with Crippen molar-refractivity contribution in [3.8, 4) is 5.75 Å². The van der Waals surface area contributed by atoms with Gasteiger partial charge < -0.3 is 14.6 Å². The minimum atomic E-state index is 0.176. The summed E-state index contributed by atoms with van der Waals surface area (Å²) in [6.07, 6.45) is 2.22. The lowest BCUT2D eigenvalue weighted by molar-refractivity contribution is 0.405. The summed E-state index contributed by atoms with van der Waals surface area (Å²) in [6, 6.07) is 6.42. The molecule has 0 saturated heterocycles. The summed E-state index contributed by atoms with van der Waals surface area (Å²) in [4.78, 5) is 0. The van der Waals surface area contributed by atoms with Gasteiger partial charge in [0.2, 0.25) is 0 Å². The molecule has 3 rings (SSSR count). The third kappa shape index (κ3) is 2.78. The Bertz CT molecular complexity index is 635. The van der Waals surface area contributed by atoms with E-state index in [1.807, 2.05) is 6.07 Å². The summed E-state index contributed by atoms with van der Waals surface area (Å²) in [5, 5.41) is 12.1. The number of fused-ring (bicyclic) bond motifs is 1. The van der Waals surface area contributed by atoms with Crippen LogP contribution in [0.3, 0.4) is 0 Å². The highest BCUT2D eigenvalue weighted by Gasteiger charge is 2.21. The molecule has 21 heavy (non-hydrogen) atoms. The third-order valence-electron chi connectivity index (χ3n) is 4.06. The second-order valence-electron chi connectivity index (χ2n) is 5.65. The summed E-state index contributed by atoms with van der Waals surface area (Å²) in [7, 11) is 1.71. The number of rotatable bonds is 5. The van der Waals surface area contributed by atoms with Gasteiger partial charge in [-0.25, -0.2) is 0 Å². The standard InChI is InChI=1S/C16H22N4O/c1-11-6-7-14(21-3)13(9-11)10-17-12(2)16-19-18-15-5-4-8-20(15)16/h6-7,9,12,17H,4-5,8,10H2,1-3H3. The molecule has 112 valence electrons. The molecule has 1 aromatic heterocycles. The van der Waals surface area contributed by atoms with Gasteiger partial charge >= 0.3 is 0 Å². The van der Waals surface area contributed by atoms with Crippen molar-refractivity contribution in [3.05, 3.63) is 41.0 Å². The molecule has 1 N–H and O–H groups in total. The maximum atomic E-state index is 5.42. The summed E-state index contributed by atoms with van der Waals surface area (Å²) >= 11 is 0. The Morgan fingerprint density at radius 2 is 2.24 bits per heavy atom. The highest BCUT2D eigenvalue weighted by atomic mass is 16.5. The number of hydrogen-bond acceptors (Lipinski definition) is 4. The van der Waals surface area contributed by atoms with Gasteiger partial charge in [0, 0.05) is 25.1 Å². The molecular formula is C16H22N4O. The van der Waals surface area contributed by atoms with Crippen molar-refractivity contribution in [1.29, 1.82) is 0 Å². The van der Waals surface area contributed by atoms with Crippen LogP contribution in [0.4, 0.5) is 0 Å². The van der Waals surface area contributed by atoms with Crippen LogP contribution in [0, 0.1) is 6.92 Å². The molecule has 2 aromatic rings. The lowest BCUT2D eigenvalue weighted by Gasteiger charge is -2.16. The minimum absolute atomic E-state index is 0.176. The number of nitrogens with one attached hydrogen (secondary N) is 1. The Hall–Kier alpha value is -1.88. The topological polar surface area (TPSA) is 52.0 Å². The first-order valence-corrected chi connectivity index (χ1v) is 7.48. The molecule has 5 nitrogen and oxygen atoms in total.